The van der Waals surface area contributed by atoms with E-state index in [1.807, 2.05) is 68.9 Å². The predicted molar refractivity (Wildman–Crippen MR) is 109 cm³/mol. The first-order chi connectivity index (χ1) is 13.8. The summed E-state index contributed by atoms with van der Waals surface area (Å²) in [5, 5.41) is 5.35. The molecule has 0 radical (unpaired) electrons. The zero-order chi connectivity index (χ0) is 20.6. The van der Waals surface area contributed by atoms with Crippen LogP contribution in [0.2, 0.25) is 0 Å². The molecule has 1 aliphatic rings. The maximum Gasteiger partial charge on any atom is 0.256 e. The Hall–Kier alpha value is -2.77. The second kappa shape index (κ2) is 7.57. The van der Waals surface area contributed by atoms with Gasteiger partial charge in [0.1, 0.15) is 6.10 Å². The van der Waals surface area contributed by atoms with Gasteiger partial charge >= 0.3 is 0 Å². The maximum absolute atomic E-state index is 13.6. The minimum absolute atomic E-state index is 0.0820. The number of para-hydroxylation sites is 1. The molecule has 3 heterocycles. The Morgan fingerprint density at radius 3 is 2.79 bits per heavy atom. The van der Waals surface area contributed by atoms with Crippen molar-refractivity contribution in [3.8, 4) is 0 Å². The molecule has 1 atom stereocenters. The van der Waals surface area contributed by atoms with Gasteiger partial charge in [0.05, 0.1) is 42.2 Å². The number of carbonyl (C=O) groups excluding carboxylic acids is 1. The second-order valence-corrected chi connectivity index (χ2v) is 7.92. The standard InChI is InChI=1S/C22H26N4O3/c1-15-11-17(25(4)24-15)12-26(13-18-14-28-22(2,3)29-18)21(27)19-9-5-7-16-8-6-10-23-20(16)19/h5-11,18H,12-14H2,1-4H3/t18-/m0/s1. The number of nitrogens with zero attached hydrogens (tertiary/aromatic N) is 4. The molecular weight excluding hydrogens is 368 g/mol. The SMILES string of the molecule is Cc1cc(CN(C[C@H]2COC(C)(C)O2)C(=O)c2cccc3cccnc23)n(C)n1. The van der Waals surface area contributed by atoms with Gasteiger partial charge in [-0.2, -0.15) is 5.10 Å². The van der Waals surface area contributed by atoms with Crippen LogP contribution in [0.25, 0.3) is 10.9 Å². The Kier molecular flexibility index (Phi) is 5.10. The number of aryl methyl sites for hydroxylation is 2. The highest BCUT2D eigenvalue weighted by molar-refractivity contribution is 6.05. The van der Waals surface area contributed by atoms with Gasteiger partial charge in [-0.15, -0.1) is 0 Å². The molecule has 2 aromatic heterocycles. The number of rotatable bonds is 5. The smallest absolute Gasteiger partial charge is 0.256 e. The van der Waals surface area contributed by atoms with Gasteiger partial charge in [-0.05, 0) is 39.0 Å². The summed E-state index contributed by atoms with van der Waals surface area (Å²) in [6.07, 6.45) is 1.52. The van der Waals surface area contributed by atoms with E-state index in [0.717, 1.165) is 16.8 Å². The highest BCUT2D eigenvalue weighted by Gasteiger charge is 2.35. The minimum atomic E-state index is -0.635. The highest BCUT2D eigenvalue weighted by atomic mass is 16.7. The first kappa shape index (κ1) is 19.5. The van der Waals surface area contributed by atoms with Crippen molar-refractivity contribution in [3.05, 3.63) is 59.5 Å². The number of benzene rings is 1. The van der Waals surface area contributed by atoms with Gasteiger partial charge in [0, 0.05) is 18.6 Å². The maximum atomic E-state index is 13.6. The third kappa shape index (κ3) is 4.16. The minimum Gasteiger partial charge on any atom is -0.348 e. The van der Waals surface area contributed by atoms with Crippen molar-refractivity contribution < 1.29 is 14.3 Å². The van der Waals surface area contributed by atoms with E-state index in [-0.39, 0.29) is 12.0 Å². The molecule has 1 fully saturated rings. The van der Waals surface area contributed by atoms with E-state index in [9.17, 15) is 4.79 Å². The normalized spacial score (nSPS) is 18.3. The second-order valence-electron chi connectivity index (χ2n) is 7.92. The Labute approximate surface area is 170 Å². The summed E-state index contributed by atoms with van der Waals surface area (Å²) in [6, 6.07) is 11.5. The number of amides is 1. The molecule has 1 saturated heterocycles. The lowest BCUT2D eigenvalue weighted by atomic mass is 10.1. The van der Waals surface area contributed by atoms with Crippen molar-refractivity contribution in [1.29, 1.82) is 0 Å². The number of aromatic nitrogens is 3. The van der Waals surface area contributed by atoms with E-state index in [1.165, 1.54) is 0 Å². The van der Waals surface area contributed by atoms with Crippen LogP contribution in [0.1, 0.15) is 35.6 Å². The Bertz CT molecular complexity index is 1040. The van der Waals surface area contributed by atoms with E-state index in [2.05, 4.69) is 10.1 Å². The van der Waals surface area contributed by atoms with E-state index >= 15 is 0 Å². The number of hydrogen-bond acceptors (Lipinski definition) is 5. The summed E-state index contributed by atoms with van der Waals surface area (Å²) in [5.74, 6) is -0.717. The summed E-state index contributed by atoms with van der Waals surface area (Å²) in [5.41, 5.74) is 3.17. The fraction of sp³-hybridized carbons (Fsp3) is 0.409. The van der Waals surface area contributed by atoms with Gasteiger partial charge in [0.15, 0.2) is 5.79 Å². The molecule has 29 heavy (non-hydrogen) atoms. The lowest BCUT2D eigenvalue weighted by Gasteiger charge is -2.26. The van der Waals surface area contributed by atoms with Gasteiger partial charge in [-0.25, -0.2) is 0 Å². The van der Waals surface area contributed by atoms with Gasteiger partial charge in [0.2, 0.25) is 0 Å². The van der Waals surface area contributed by atoms with Crippen LogP contribution < -0.4 is 0 Å². The topological polar surface area (TPSA) is 69.5 Å². The zero-order valence-corrected chi connectivity index (χ0v) is 17.3. The summed E-state index contributed by atoms with van der Waals surface area (Å²) in [7, 11) is 1.89. The van der Waals surface area contributed by atoms with Crippen molar-refractivity contribution in [1.82, 2.24) is 19.7 Å². The van der Waals surface area contributed by atoms with Crippen molar-refractivity contribution in [2.75, 3.05) is 13.2 Å². The number of fused-ring (bicyclic) bond motifs is 1. The van der Waals surface area contributed by atoms with E-state index in [0.29, 0.717) is 30.8 Å². The highest BCUT2D eigenvalue weighted by Crippen LogP contribution is 2.25. The van der Waals surface area contributed by atoms with E-state index < -0.39 is 5.79 Å². The van der Waals surface area contributed by atoms with Crippen LogP contribution in [0.15, 0.2) is 42.6 Å². The molecule has 1 amide bonds. The van der Waals surface area contributed by atoms with Gasteiger partial charge < -0.3 is 14.4 Å². The first-order valence-corrected chi connectivity index (χ1v) is 9.77. The molecule has 7 nitrogen and oxygen atoms in total. The molecule has 0 saturated carbocycles. The molecule has 3 aromatic rings. The summed E-state index contributed by atoms with van der Waals surface area (Å²) >= 11 is 0. The van der Waals surface area contributed by atoms with Crippen LogP contribution in [0.5, 0.6) is 0 Å². The number of carbonyl (C=O) groups is 1. The van der Waals surface area contributed by atoms with Crippen LogP contribution in [0, 0.1) is 6.92 Å². The van der Waals surface area contributed by atoms with Crippen molar-refractivity contribution in [2.24, 2.45) is 7.05 Å². The molecular formula is C22H26N4O3. The molecule has 1 aromatic carbocycles. The van der Waals surface area contributed by atoms with Crippen LogP contribution in [-0.4, -0.2) is 50.6 Å². The average molecular weight is 394 g/mol. The van der Waals surface area contributed by atoms with Crippen molar-refractivity contribution >= 4 is 16.8 Å². The lowest BCUT2D eigenvalue weighted by Crippen LogP contribution is -2.39. The average Bonchev–Trinajstić information content (AvgIpc) is 3.20. The monoisotopic (exact) mass is 394 g/mol. The molecule has 0 aliphatic carbocycles. The van der Waals surface area contributed by atoms with Crippen LogP contribution in [0.4, 0.5) is 0 Å². The lowest BCUT2D eigenvalue weighted by molar-refractivity contribution is -0.139. The van der Waals surface area contributed by atoms with Gasteiger partial charge in [-0.3, -0.25) is 14.5 Å². The van der Waals surface area contributed by atoms with Crippen molar-refractivity contribution in [3.63, 3.8) is 0 Å². The zero-order valence-electron chi connectivity index (χ0n) is 17.3. The summed E-state index contributed by atoms with van der Waals surface area (Å²) in [4.78, 5) is 19.8. The Morgan fingerprint density at radius 2 is 2.10 bits per heavy atom. The van der Waals surface area contributed by atoms with Crippen molar-refractivity contribution in [2.45, 2.75) is 39.2 Å². The van der Waals surface area contributed by atoms with E-state index in [1.54, 1.807) is 11.1 Å². The molecule has 7 heteroatoms. The largest absolute Gasteiger partial charge is 0.348 e. The number of ether oxygens (including phenoxy) is 2. The molecule has 0 N–H and O–H groups in total. The van der Waals surface area contributed by atoms with Crippen LogP contribution >= 0.6 is 0 Å². The Balaban J connectivity index is 1.66. The molecule has 0 unspecified atom stereocenters. The molecule has 1 aliphatic heterocycles. The van der Waals surface area contributed by atoms with E-state index in [4.69, 9.17) is 9.47 Å². The third-order valence-electron chi connectivity index (χ3n) is 5.09. The molecule has 0 bridgehead atoms. The van der Waals surface area contributed by atoms with Gasteiger partial charge in [-0.1, -0.05) is 18.2 Å². The number of hydrogen-bond donors (Lipinski definition) is 0. The molecule has 4 rings (SSSR count). The van der Waals surface area contributed by atoms with Crippen LogP contribution in [-0.2, 0) is 23.1 Å². The Morgan fingerprint density at radius 1 is 1.31 bits per heavy atom. The number of pyridine rings is 1. The van der Waals surface area contributed by atoms with Crippen LogP contribution in [0.3, 0.4) is 0 Å². The predicted octanol–water partition coefficient (Wildman–Crippen LogP) is 3.07. The summed E-state index contributed by atoms with van der Waals surface area (Å²) in [6.45, 7) is 7.03. The summed E-state index contributed by atoms with van der Waals surface area (Å²) < 4.78 is 13.5. The van der Waals surface area contributed by atoms with Gasteiger partial charge in [0.25, 0.3) is 5.91 Å². The molecule has 152 valence electrons. The fourth-order valence-electron chi connectivity index (χ4n) is 3.77. The molecule has 0 spiro atoms. The third-order valence-corrected chi connectivity index (χ3v) is 5.09. The quantitative estimate of drug-likeness (QED) is 0.665. The fourth-order valence-corrected chi connectivity index (χ4v) is 3.77. The first-order valence-electron chi connectivity index (χ1n) is 9.77.